The highest BCUT2D eigenvalue weighted by Crippen LogP contribution is 2.30. The first-order valence-corrected chi connectivity index (χ1v) is 10.6. The van der Waals surface area contributed by atoms with Crippen LogP contribution in [0.15, 0.2) is 53.3 Å². The number of piperidine rings is 1. The third-order valence-corrected chi connectivity index (χ3v) is 7.05. The summed E-state index contributed by atoms with van der Waals surface area (Å²) in [6.07, 6.45) is 5.34. The quantitative estimate of drug-likeness (QED) is 0.570. The molecule has 2 bridgehead atoms. The Labute approximate surface area is 187 Å². The lowest BCUT2D eigenvalue weighted by Crippen LogP contribution is -3.15. The normalized spacial score (nSPS) is 24.9. The molecule has 3 aromatic rings. The molecule has 0 spiro atoms. The van der Waals surface area contributed by atoms with Gasteiger partial charge in [0, 0.05) is 42.5 Å². The predicted molar refractivity (Wildman–Crippen MR) is 116 cm³/mol. The van der Waals surface area contributed by atoms with Crippen LogP contribution < -0.4 is 22.9 Å². The lowest BCUT2D eigenvalue weighted by atomic mass is 9.97. The van der Waals surface area contributed by atoms with Crippen molar-refractivity contribution in [3.05, 3.63) is 75.2 Å². The van der Waals surface area contributed by atoms with Gasteiger partial charge in [0.1, 0.15) is 0 Å². The standard InChI is InChI=1S/C23H24ClN3O.ClH.H2O/c1-26-17-10-11-18(26)14-19(13-17)27-23(28)21-5-3-2-4-20(21)22(25-27)12-15-6-8-16(24)9-7-15;;/h2-9,17-19H,10-14H2,1H3;1H;1H2/t17-,18+,19?;;. The zero-order chi connectivity index (χ0) is 19.3. The number of quaternary nitrogens is 1. The van der Waals surface area contributed by atoms with Gasteiger partial charge in [0.2, 0.25) is 0 Å². The second kappa shape index (κ2) is 9.06. The molecule has 2 saturated heterocycles. The Bertz CT molecular complexity index is 1070. The van der Waals surface area contributed by atoms with Crippen molar-refractivity contribution in [3.63, 3.8) is 0 Å². The maximum atomic E-state index is 13.3. The molecular formula is C23H27Cl2N3O2. The van der Waals surface area contributed by atoms with E-state index in [1.807, 2.05) is 53.2 Å². The van der Waals surface area contributed by atoms with Crippen LogP contribution in [-0.4, -0.2) is 34.4 Å². The molecule has 1 aromatic heterocycles. The molecule has 0 aliphatic carbocycles. The number of hydrogen-bond acceptors (Lipinski definition) is 2. The van der Waals surface area contributed by atoms with Crippen LogP contribution in [0.3, 0.4) is 0 Å². The van der Waals surface area contributed by atoms with E-state index < -0.39 is 0 Å². The molecule has 2 aromatic carbocycles. The largest absolute Gasteiger partial charge is 1.00 e. The number of hydrogen-bond donors (Lipinski definition) is 1. The van der Waals surface area contributed by atoms with E-state index >= 15 is 0 Å². The van der Waals surface area contributed by atoms with Crippen LogP contribution >= 0.6 is 11.6 Å². The topological polar surface area (TPSA) is 70.8 Å². The molecule has 4 atom stereocenters. The first-order valence-electron chi connectivity index (χ1n) is 10.2. The van der Waals surface area contributed by atoms with Gasteiger partial charge in [-0.15, -0.1) is 0 Å². The molecular weight excluding hydrogens is 421 g/mol. The van der Waals surface area contributed by atoms with Crippen LogP contribution in [0.2, 0.25) is 5.02 Å². The number of nitrogens with one attached hydrogen (secondary N) is 1. The van der Waals surface area contributed by atoms with Crippen LogP contribution in [0, 0.1) is 0 Å². The molecule has 160 valence electrons. The van der Waals surface area contributed by atoms with E-state index in [9.17, 15) is 4.79 Å². The van der Waals surface area contributed by atoms with E-state index in [-0.39, 0.29) is 29.5 Å². The van der Waals surface area contributed by atoms with Crippen molar-refractivity contribution in [2.45, 2.75) is 50.2 Å². The molecule has 0 amide bonds. The molecule has 0 radical (unpaired) electrons. The summed E-state index contributed by atoms with van der Waals surface area (Å²) in [5, 5.41) is 7.39. The van der Waals surface area contributed by atoms with Gasteiger partial charge in [-0.1, -0.05) is 41.9 Å². The summed E-state index contributed by atoms with van der Waals surface area (Å²) < 4.78 is 1.81. The lowest BCUT2D eigenvalue weighted by Gasteiger charge is -2.34. The summed E-state index contributed by atoms with van der Waals surface area (Å²) >= 11 is 6.04. The highest BCUT2D eigenvalue weighted by atomic mass is 35.5. The number of fused-ring (bicyclic) bond motifs is 3. The maximum absolute atomic E-state index is 13.3. The summed E-state index contributed by atoms with van der Waals surface area (Å²) in [5.74, 6) is 0. The molecule has 2 aliphatic heterocycles. The van der Waals surface area contributed by atoms with Crippen molar-refractivity contribution in [2.24, 2.45) is 0 Å². The lowest BCUT2D eigenvalue weighted by molar-refractivity contribution is -0.923. The summed E-state index contributed by atoms with van der Waals surface area (Å²) in [6.45, 7) is 0. The zero-order valence-electron chi connectivity index (χ0n) is 16.9. The minimum absolute atomic E-state index is 0. The van der Waals surface area contributed by atoms with Crippen LogP contribution in [-0.2, 0) is 6.42 Å². The minimum Gasteiger partial charge on any atom is -1.00 e. The van der Waals surface area contributed by atoms with Crippen molar-refractivity contribution in [1.82, 2.24) is 9.78 Å². The summed E-state index contributed by atoms with van der Waals surface area (Å²) in [7, 11) is 2.31. The molecule has 7 heteroatoms. The third kappa shape index (κ3) is 4.00. The van der Waals surface area contributed by atoms with Gasteiger partial charge < -0.3 is 22.8 Å². The van der Waals surface area contributed by atoms with Gasteiger partial charge in [0.25, 0.3) is 5.56 Å². The number of halogens is 2. The fourth-order valence-corrected chi connectivity index (χ4v) is 5.32. The molecule has 3 N–H and O–H groups in total. The Morgan fingerprint density at radius 1 is 1.03 bits per heavy atom. The number of benzene rings is 2. The molecule has 3 heterocycles. The van der Waals surface area contributed by atoms with Gasteiger partial charge in [-0.25, -0.2) is 4.68 Å². The Morgan fingerprint density at radius 2 is 1.63 bits per heavy atom. The number of nitrogens with zero attached hydrogens (tertiary/aromatic N) is 2. The smallest absolute Gasteiger partial charge is 0.274 e. The average molecular weight is 448 g/mol. The van der Waals surface area contributed by atoms with E-state index in [1.165, 1.54) is 12.8 Å². The SMILES string of the molecule is C[NH+]1[C@@H]2CC[C@H]1CC(n1nc(Cc3ccc(Cl)cc3)c3ccccc3c1=O)C2.O.[Cl-]. The number of rotatable bonds is 3. The van der Waals surface area contributed by atoms with Gasteiger partial charge in [-0.3, -0.25) is 4.79 Å². The van der Waals surface area contributed by atoms with E-state index in [0.717, 1.165) is 39.9 Å². The van der Waals surface area contributed by atoms with Crippen molar-refractivity contribution < 1.29 is 22.8 Å². The maximum Gasteiger partial charge on any atom is 0.274 e. The van der Waals surface area contributed by atoms with Gasteiger partial charge >= 0.3 is 0 Å². The second-order valence-corrected chi connectivity index (χ2v) is 8.82. The van der Waals surface area contributed by atoms with E-state index in [1.54, 1.807) is 4.90 Å². The molecule has 2 fully saturated rings. The van der Waals surface area contributed by atoms with Crippen LogP contribution in [0.25, 0.3) is 10.8 Å². The van der Waals surface area contributed by atoms with E-state index in [4.69, 9.17) is 16.7 Å². The average Bonchev–Trinajstić information content (AvgIpc) is 2.92. The molecule has 2 unspecified atom stereocenters. The van der Waals surface area contributed by atoms with Gasteiger partial charge in [0.15, 0.2) is 0 Å². The third-order valence-electron chi connectivity index (χ3n) is 6.80. The second-order valence-electron chi connectivity index (χ2n) is 8.39. The van der Waals surface area contributed by atoms with Gasteiger partial charge in [-0.2, -0.15) is 5.10 Å². The minimum atomic E-state index is 0. The fraction of sp³-hybridized carbons (Fsp3) is 0.391. The Hall–Kier alpha value is -1.92. The summed E-state index contributed by atoms with van der Waals surface area (Å²) in [4.78, 5) is 14.9. The molecule has 5 rings (SSSR count). The summed E-state index contributed by atoms with van der Waals surface area (Å²) in [5.41, 5.74) is 2.18. The highest BCUT2D eigenvalue weighted by Gasteiger charge is 2.43. The van der Waals surface area contributed by atoms with Gasteiger partial charge in [-0.05, 0) is 23.8 Å². The van der Waals surface area contributed by atoms with Crippen LogP contribution in [0.5, 0.6) is 0 Å². The van der Waals surface area contributed by atoms with Crippen LogP contribution in [0.4, 0.5) is 0 Å². The van der Waals surface area contributed by atoms with Crippen molar-refractivity contribution in [3.8, 4) is 0 Å². The molecule has 30 heavy (non-hydrogen) atoms. The first-order chi connectivity index (χ1) is 13.6. The fourth-order valence-electron chi connectivity index (χ4n) is 5.20. The van der Waals surface area contributed by atoms with E-state index in [0.29, 0.717) is 18.5 Å². The highest BCUT2D eigenvalue weighted by molar-refractivity contribution is 6.30. The predicted octanol–water partition coefficient (Wildman–Crippen LogP) is -0.799. The Balaban J connectivity index is 0.00000128. The zero-order valence-corrected chi connectivity index (χ0v) is 18.5. The molecule has 2 aliphatic rings. The van der Waals surface area contributed by atoms with Crippen molar-refractivity contribution >= 4 is 22.4 Å². The van der Waals surface area contributed by atoms with Crippen molar-refractivity contribution in [2.75, 3.05) is 7.05 Å². The van der Waals surface area contributed by atoms with Gasteiger partial charge in [0.05, 0.1) is 36.3 Å². The Morgan fingerprint density at radius 3 is 2.27 bits per heavy atom. The summed E-state index contributed by atoms with van der Waals surface area (Å²) in [6, 6.07) is 17.3. The van der Waals surface area contributed by atoms with E-state index in [2.05, 4.69) is 7.05 Å². The van der Waals surface area contributed by atoms with Crippen LogP contribution in [0.1, 0.15) is 43.0 Å². The molecule has 5 nitrogen and oxygen atoms in total. The Kier molecular flexibility index (Phi) is 6.88. The van der Waals surface area contributed by atoms with Crippen molar-refractivity contribution in [1.29, 1.82) is 0 Å². The first kappa shape index (κ1) is 22.8. The monoisotopic (exact) mass is 447 g/mol. The number of aromatic nitrogens is 2. The molecule has 0 saturated carbocycles.